The van der Waals surface area contributed by atoms with Gasteiger partial charge in [-0.2, -0.15) is 0 Å². The summed E-state index contributed by atoms with van der Waals surface area (Å²) in [5.41, 5.74) is 1.10. The highest BCUT2D eigenvalue weighted by atomic mass is 16.5. The molecule has 0 bridgehead atoms. The first-order valence-corrected chi connectivity index (χ1v) is 8.10. The second-order valence-corrected chi connectivity index (χ2v) is 5.28. The molecule has 0 aliphatic heterocycles. The Bertz CT molecular complexity index is 833. The molecule has 0 saturated heterocycles. The van der Waals surface area contributed by atoms with Crippen LogP contribution in [0.4, 0.5) is 11.4 Å². The molecule has 0 aliphatic rings. The van der Waals surface area contributed by atoms with Gasteiger partial charge in [0.15, 0.2) is 11.5 Å². The Labute approximate surface area is 156 Å². The summed E-state index contributed by atoms with van der Waals surface area (Å²) >= 11 is 0. The maximum absolute atomic E-state index is 12.1. The summed E-state index contributed by atoms with van der Waals surface area (Å²) in [7, 11) is 2.97. The molecule has 2 N–H and O–H groups in total. The first-order valence-electron chi connectivity index (χ1n) is 8.10. The Hall–Kier alpha value is -3.55. The summed E-state index contributed by atoms with van der Waals surface area (Å²) in [6.45, 7) is 1.98. The molecule has 0 radical (unpaired) electrons. The number of nitrogens with one attached hydrogen (secondary N) is 2. The van der Waals surface area contributed by atoms with Crippen molar-refractivity contribution in [2.24, 2.45) is 0 Å². The van der Waals surface area contributed by atoms with Crippen LogP contribution in [-0.4, -0.2) is 38.6 Å². The fourth-order valence-corrected chi connectivity index (χ4v) is 2.19. The number of benzene rings is 2. The van der Waals surface area contributed by atoms with E-state index in [1.54, 1.807) is 19.1 Å². The van der Waals surface area contributed by atoms with E-state index in [0.717, 1.165) is 0 Å². The van der Waals surface area contributed by atoms with Crippen molar-refractivity contribution >= 4 is 29.2 Å². The number of methoxy groups -OCH3 is 2. The minimum Gasteiger partial charge on any atom is -0.493 e. The number of anilines is 2. The smallest absolute Gasteiger partial charge is 0.338 e. The van der Waals surface area contributed by atoms with Crippen molar-refractivity contribution in [1.82, 2.24) is 0 Å². The molecule has 27 heavy (non-hydrogen) atoms. The van der Waals surface area contributed by atoms with Crippen LogP contribution in [-0.2, 0) is 14.3 Å². The number of esters is 1. The summed E-state index contributed by atoms with van der Waals surface area (Å²) < 4.78 is 15.1. The standard InChI is InChI=1S/C19H20N2O6/c1-4-27-19(24)12-5-7-13(8-6-12)20-17(22)18(23)21-14-9-10-15(25-2)16(11-14)26-3/h5-11H,4H2,1-3H3,(H,20,22)(H,21,23). The van der Waals surface area contributed by atoms with Crippen LogP contribution in [0, 0.1) is 0 Å². The predicted octanol–water partition coefficient (Wildman–Crippen LogP) is 2.46. The maximum Gasteiger partial charge on any atom is 0.338 e. The van der Waals surface area contributed by atoms with Gasteiger partial charge in [0.25, 0.3) is 0 Å². The second kappa shape index (κ2) is 9.23. The van der Waals surface area contributed by atoms with Gasteiger partial charge in [-0.15, -0.1) is 0 Å². The third-order valence-corrected chi connectivity index (χ3v) is 3.50. The predicted molar refractivity (Wildman–Crippen MR) is 99.2 cm³/mol. The highest BCUT2D eigenvalue weighted by molar-refractivity contribution is 6.43. The molecule has 2 aromatic rings. The lowest BCUT2D eigenvalue weighted by Gasteiger charge is -2.11. The fraction of sp³-hybridized carbons (Fsp3) is 0.211. The Morgan fingerprint density at radius 3 is 1.93 bits per heavy atom. The first-order chi connectivity index (χ1) is 13.0. The van der Waals surface area contributed by atoms with Crippen molar-refractivity contribution in [1.29, 1.82) is 0 Å². The zero-order valence-electron chi connectivity index (χ0n) is 15.2. The highest BCUT2D eigenvalue weighted by Gasteiger charge is 2.16. The summed E-state index contributed by atoms with van der Waals surface area (Å²) in [4.78, 5) is 35.7. The molecule has 0 saturated carbocycles. The molecule has 0 aliphatic carbocycles. The number of rotatable bonds is 6. The van der Waals surface area contributed by atoms with Crippen molar-refractivity contribution in [2.75, 3.05) is 31.5 Å². The Morgan fingerprint density at radius 1 is 0.815 bits per heavy atom. The van der Waals surface area contributed by atoms with Gasteiger partial charge in [0, 0.05) is 17.4 Å². The Morgan fingerprint density at radius 2 is 1.37 bits per heavy atom. The SMILES string of the molecule is CCOC(=O)c1ccc(NC(=O)C(=O)Nc2ccc(OC)c(OC)c2)cc1. The number of ether oxygens (including phenoxy) is 3. The van der Waals surface area contributed by atoms with Gasteiger partial charge < -0.3 is 24.8 Å². The van der Waals surface area contributed by atoms with Gasteiger partial charge in [-0.1, -0.05) is 0 Å². The number of amides is 2. The molecular formula is C19H20N2O6. The monoisotopic (exact) mass is 372 g/mol. The van der Waals surface area contributed by atoms with Crippen molar-refractivity contribution < 1.29 is 28.6 Å². The van der Waals surface area contributed by atoms with Crippen LogP contribution in [0.1, 0.15) is 17.3 Å². The molecule has 8 heteroatoms. The zero-order chi connectivity index (χ0) is 19.8. The molecule has 2 amide bonds. The van der Waals surface area contributed by atoms with E-state index in [4.69, 9.17) is 14.2 Å². The van der Waals surface area contributed by atoms with Crippen LogP contribution in [0.25, 0.3) is 0 Å². The Balaban J connectivity index is 1.99. The van der Waals surface area contributed by atoms with E-state index >= 15 is 0 Å². The van der Waals surface area contributed by atoms with Crippen LogP contribution in [0.2, 0.25) is 0 Å². The van der Waals surface area contributed by atoms with Crippen molar-refractivity contribution in [3.63, 3.8) is 0 Å². The normalized spacial score (nSPS) is 9.89. The second-order valence-electron chi connectivity index (χ2n) is 5.28. The molecular weight excluding hydrogens is 352 g/mol. The fourth-order valence-electron chi connectivity index (χ4n) is 2.19. The largest absolute Gasteiger partial charge is 0.493 e. The Kier molecular flexibility index (Phi) is 6.76. The summed E-state index contributed by atoms with van der Waals surface area (Å²) in [5.74, 6) is -1.24. The first kappa shape index (κ1) is 19.8. The summed E-state index contributed by atoms with van der Waals surface area (Å²) in [6, 6.07) is 10.8. The number of hydrogen-bond acceptors (Lipinski definition) is 6. The maximum atomic E-state index is 12.1. The molecule has 0 spiro atoms. The van der Waals surface area contributed by atoms with E-state index in [2.05, 4.69) is 10.6 Å². The van der Waals surface area contributed by atoms with Crippen molar-refractivity contribution in [2.45, 2.75) is 6.92 Å². The van der Waals surface area contributed by atoms with Gasteiger partial charge >= 0.3 is 17.8 Å². The molecule has 0 fully saturated rings. The van der Waals surface area contributed by atoms with Crippen LogP contribution in [0.5, 0.6) is 11.5 Å². The van der Waals surface area contributed by atoms with Crippen LogP contribution < -0.4 is 20.1 Å². The molecule has 142 valence electrons. The van der Waals surface area contributed by atoms with Gasteiger partial charge in [-0.25, -0.2) is 4.79 Å². The molecule has 0 atom stereocenters. The minimum absolute atomic E-state index is 0.271. The number of carbonyl (C=O) groups excluding carboxylic acids is 3. The molecule has 0 heterocycles. The quantitative estimate of drug-likeness (QED) is 0.596. The van der Waals surface area contributed by atoms with E-state index in [-0.39, 0.29) is 6.61 Å². The molecule has 0 aromatic heterocycles. The molecule has 2 aromatic carbocycles. The number of carbonyl (C=O) groups is 3. The van der Waals surface area contributed by atoms with E-state index in [1.807, 2.05) is 0 Å². The van der Waals surface area contributed by atoms with Crippen LogP contribution >= 0.6 is 0 Å². The molecule has 2 rings (SSSR count). The van der Waals surface area contributed by atoms with Crippen molar-refractivity contribution in [3.8, 4) is 11.5 Å². The lowest BCUT2D eigenvalue weighted by Crippen LogP contribution is -2.29. The van der Waals surface area contributed by atoms with E-state index in [1.165, 1.54) is 44.6 Å². The zero-order valence-corrected chi connectivity index (χ0v) is 15.2. The average Bonchev–Trinajstić information content (AvgIpc) is 2.68. The third-order valence-electron chi connectivity index (χ3n) is 3.50. The third kappa shape index (κ3) is 5.21. The number of hydrogen-bond donors (Lipinski definition) is 2. The van der Waals surface area contributed by atoms with Gasteiger partial charge in [0.1, 0.15) is 0 Å². The highest BCUT2D eigenvalue weighted by Crippen LogP contribution is 2.29. The van der Waals surface area contributed by atoms with E-state index in [9.17, 15) is 14.4 Å². The molecule has 8 nitrogen and oxygen atoms in total. The topological polar surface area (TPSA) is 103 Å². The van der Waals surface area contributed by atoms with Crippen LogP contribution in [0.15, 0.2) is 42.5 Å². The van der Waals surface area contributed by atoms with Gasteiger partial charge in [-0.05, 0) is 43.3 Å². The summed E-state index contributed by atoms with van der Waals surface area (Å²) in [6.07, 6.45) is 0. The van der Waals surface area contributed by atoms with Gasteiger partial charge in [-0.3, -0.25) is 9.59 Å². The lowest BCUT2D eigenvalue weighted by atomic mass is 10.2. The van der Waals surface area contributed by atoms with E-state index < -0.39 is 17.8 Å². The summed E-state index contributed by atoms with van der Waals surface area (Å²) in [5, 5.41) is 4.93. The lowest BCUT2D eigenvalue weighted by molar-refractivity contribution is -0.132. The van der Waals surface area contributed by atoms with E-state index in [0.29, 0.717) is 28.4 Å². The van der Waals surface area contributed by atoms with Gasteiger partial charge in [0.2, 0.25) is 0 Å². The minimum atomic E-state index is -0.853. The molecule has 0 unspecified atom stereocenters. The average molecular weight is 372 g/mol. The van der Waals surface area contributed by atoms with Gasteiger partial charge in [0.05, 0.1) is 26.4 Å². The van der Waals surface area contributed by atoms with Crippen LogP contribution in [0.3, 0.4) is 0 Å². The van der Waals surface area contributed by atoms with Crippen molar-refractivity contribution in [3.05, 3.63) is 48.0 Å².